The highest BCUT2D eigenvalue weighted by Crippen LogP contribution is 2.38. The Kier molecular flexibility index (Phi) is 5.31. The lowest BCUT2D eigenvalue weighted by molar-refractivity contribution is -0.146. The molecule has 1 fully saturated rings. The fraction of sp³-hybridized carbons (Fsp3) is 0.846. The molecule has 3 unspecified atom stereocenters. The monoisotopic (exact) mass is 273 g/mol. The predicted molar refractivity (Wildman–Crippen MR) is 68.4 cm³/mol. The van der Waals surface area contributed by atoms with Gasteiger partial charge in [-0.3, -0.25) is 9.59 Å². The molecule has 110 valence electrons. The topological polar surface area (TPSA) is 107 Å². The number of carboxylic acids is 1. The Morgan fingerprint density at radius 3 is 2.16 bits per heavy atom. The molecule has 0 bridgehead atoms. The normalized spacial score (nSPS) is 27.3. The van der Waals surface area contributed by atoms with Gasteiger partial charge in [0.15, 0.2) is 0 Å². The molecule has 1 rings (SSSR count). The molecule has 0 aromatic carbocycles. The SMILES string of the molecule is CCC1CC(C(=O)O)C(C(=O)NC(C)(CO)CO)C1. The molecule has 1 amide bonds. The zero-order valence-corrected chi connectivity index (χ0v) is 11.4. The van der Waals surface area contributed by atoms with Crippen molar-refractivity contribution in [1.29, 1.82) is 0 Å². The second-order valence-corrected chi connectivity index (χ2v) is 5.66. The van der Waals surface area contributed by atoms with Gasteiger partial charge in [-0.05, 0) is 25.7 Å². The molecule has 0 aromatic rings. The molecule has 0 aliphatic heterocycles. The van der Waals surface area contributed by atoms with Gasteiger partial charge in [-0.1, -0.05) is 13.3 Å². The minimum atomic E-state index is -1.11. The first-order chi connectivity index (χ1) is 8.86. The van der Waals surface area contributed by atoms with Crippen LogP contribution < -0.4 is 5.32 Å². The molecule has 0 spiro atoms. The summed E-state index contributed by atoms with van der Waals surface area (Å²) in [6.07, 6.45) is 1.91. The zero-order valence-electron chi connectivity index (χ0n) is 11.4. The summed E-state index contributed by atoms with van der Waals surface area (Å²) >= 11 is 0. The molecule has 0 aromatic heterocycles. The average Bonchev–Trinajstić information content (AvgIpc) is 2.83. The van der Waals surface area contributed by atoms with Crippen molar-refractivity contribution in [1.82, 2.24) is 5.32 Å². The number of hydrogen-bond acceptors (Lipinski definition) is 4. The summed E-state index contributed by atoms with van der Waals surface area (Å²) in [5.41, 5.74) is -1.11. The number of nitrogens with one attached hydrogen (secondary N) is 1. The minimum absolute atomic E-state index is 0.242. The van der Waals surface area contributed by atoms with Crippen LogP contribution in [0.3, 0.4) is 0 Å². The Balaban J connectivity index is 2.77. The van der Waals surface area contributed by atoms with Gasteiger partial charge in [-0.15, -0.1) is 0 Å². The number of carbonyl (C=O) groups excluding carboxylic acids is 1. The summed E-state index contributed by atoms with van der Waals surface area (Å²) < 4.78 is 0. The van der Waals surface area contributed by atoms with Crippen molar-refractivity contribution in [2.45, 2.75) is 38.6 Å². The van der Waals surface area contributed by atoms with Crippen molar-refractivity contribution < 1.29 is 24.9 Å². The van der Waals surface area contributed by atoms with Crippen molar-refractivity contribution in [2.75, 3.05) is 13.2 Å². The van der Waals surface area contributed by atoms with E-state index in [1.807, 2.05) is 6.92 Å². The highest BCUT2D eigenvalue weighted by molar-refractivity contribution is 5.85. The number of rotatable bonds is 6. The van der Waals surface area contributed by atoms with Crippen LogP contribution in [0.5, 0.6) is 0 Å². The van der Waals surface area contributed by atoms with E-state index in [1.165, 1.54) is 6.92 Å². The van der Waals surface area contributed by atoms with E-state index in [0.29, 0.717) is 12.8 Å². The van der Waals surface area contributed by atoms with Gasteiger partial charge in [-0.2, -0.15) is 0 Å². The van der Waals surface area contributed by atoms with Crippen LogP contribution >= 0.6 is 0 Å². The van der Waals surface area contributed by atoms with Crippen molar-refractivity contribution in [2.24, 2.45) is 17.8 Å². The first-order valence-corrected chi connectivity index (χ1v) is 6.63. The van der Waals surface area contributed by atoms with E-state index in [9.17, 15) is 14.7 Å². The number of aliphatic carboxylic acids is 1. The van der Waals surface area contributed by atoms with Gasteiger partial charge < -0.3 is 20.6 Å². The lowest BCUT2D eigenvalue weighted by atomic mass is 9.93. The fourth-order valence-electron chi connectivity index (χ4n) is 2.56. The van der Waals surface area contributed by atoms with Gasteiger partial charge >= 0.3 is 5.97 Å². The maximum Gasteiger partial charge on any atom is 0.307 e. The van der Waals surface area contributed by atoms with Crippen molar-refractivity contribution in [3.8, 4) is 0 Å². The third-order valence-electron chi connectivity index (χ3n) is 4.01. The molecule has 19 heavy (non-hydrogen) atoms. The van der Waals surface area contributed by atoms with Crippen molar-refractivity contribution in [3.63, 3.8) is 0 Å². The molecule has 4 N–H and O–H groups in total. The first kappa shape index (κ1) is 15.9. The molecule has 0 radical (unpaired) electrons. The largest absolute Gasteiger partial charge is 0.481 e. The van der Waals surface area contributed by atoms with Crippen LogP contribution in [0.4, 0.5) is 0 Å². The van der Waals surface area contributed by atoms with Gasteiger partial charge in [0, 0.05) is 0 Å². The van der Waals surface area contributed by atoms with Crippen LogP contribution in [0.15, 0.2) is 0 Å². The Morgan fingerprint density at radius 1 is 1.21 bits per heavy atom. The Morgan fingerprint density at radius 2 is 1.74 bits per heavy atom. The second-order valence-electron chi connectivity index (χ2n) is 5.66. The van der Waals surface area contributed by atoms with Crippen LogP contribution in [0, 0.1) is 17.8 Å². The van der Waals surface area contributed by atoms with Gasteiger partial charge in [0.25, 0.3) is 0 Å². The summed E-state index contributed by atoms with van der Waals surface area (Å²) in [5, 5.41) is 30.1. The van der Waals surface area contributed by atoms with E-state index < -0.39 is 42.5 Å². The van der Waals surface area contributed by atoms with Crippen LogP contribution in [-0.4, -0.2) is 45.9 Å². The fourth-order valence-corrected chi connectivity index (χ4v) is 2.56. The Bertz CT molecular complexity index is 340. The third kappa shape index (κ3) is 3.67. The Labute approximate surface area is 112 Å². The third-order valence-corrected chi connectivity index (χ3v) is 4.01. The number of aliphatic hydroxyl groups is 2. The molecule has 1 saturated carbocycles. The number of aliphatic hydroxyl groups excluding tert-OH is 2. The standard InChI is InChI=1S/C13H23NO5/c1-3-8-4-9(10(5-8)12(18)19)11(17)14-13(2,6-15)7-16/h8-10,15-16H,3-7H2,1-2H3,(H,14,17)(H,18,19). The summed E-state index contributed by atoms with van der Waals surface area (Å²) in [6, 6.07) is 0. The van der Waals surface area contributed by atoms with Gasteiger partial charge in [0.2, 0.25) is 5.91 Å². The summed E-state index contributed by atoms with van der Waals surface area (Å²) in [7, 11) is 0. The maximum atomic E-state index is 12.2. The zero-order chi connectivity index (χ0) is 14.6. The minimum Gasteiger partial charge on any atom is -0.481 e. The first-order valence-electron chi connectivity index (χ1n) is 6.63. The molecule has 6 heteroatoms. The lowest BCUT2D eigenvalue weighted by Gasteiger charge is -2.28. The van der Waals surface area contributed by atoms with Crippen molar-refractivity contribution in [3.05, 3.63) is 0 Å². The molecule has 3 atom stereocenters. The second kappa shape index (κ2) is 6.34. The van der Waals surface area contributed by atoms with Crippen LogP contribution in [0.25, 0.3) is 0 Å². The van der Waals surface area contributed by atoms with Gasteiger partial charge in [0.05, 0.1) is 30.6 Å². The maximum absolute atomic E-state index is 12.2. The summed E-state index contributed by atoms with van der Waals surface area (Å²) in [5.74, 6) is -2.36. The molecule has 1 aliphatic carbocycles. The van der Waals surface area contributed by atoms with Gasteiger partial charge in [-0.25, -0.2) is 0 Å². The Hall–Kier alpha value is -1.14. The highest BCUT2D eigenvalue weighted by atomic mass is 16.4. The van der Waals surface area contributed by atoms with E-state index >= 15 is 0 Å². The molecular weight excluding hydrogens is 250 g/mol. The predicted octanol–water partition coefficient (Wildman–Crippen LogP) is -0.0171. The number of amides is 1. The van der Waals surface area contributed by atoms with Crippen LogP contribution in [-0.2, 0) is 9.59 Å². The molecule has 1 aliphatic rings. The average molecular weight is 273 g/mol. The number of carboxylic acid groups (broad SMARTS) is 1. The van der Waals surface area contributed by atoms with E-state index in [4.69, 9.17) is 10.2 Å². The quantitative estimate of drug-likeness (QED) is 0.544. The molecule has 6 nitrogen and oxygen atoms in total. The van der Waals surface area contributed by atoms with Gasteiger partial charge in [0.1, 0.15) is 0 Å². The molecule has 0 saturated heterocycles. The summed E-state index contributed by atoms with van der Waals surface area (Å²) in [6.45, 7) is 2.72. The molecular formula is C13H23NO5. The smallest absolute Gasteiger partial charge is 0.307 e. The lowest BCUT2D eigenvalue weighted by Crippen LogP contribution is -2.54. The molecule has 0 heterocycles. The van der Waals surface area contributed by atoms with Crippen LogP contribution in [0.1, 0.15) is 33.1 Å². The summed E-state index contributed by atoms with van der Waals surface area (Å²) in [4.78, 5) is 23.4. The van der Waals surface area contributed by atoms with E-state index in [-0.39, 0.29) is 5.92 Å². The van der Waals surface area contributed by atoms with Crippen molar-refractivity contribution >= 4 is 11.9 Å². The van der Waals surface area contributed by atoms with E-state index in [2.05, 4.69) is 5.32 Å². The van der Waals surface area contributed by atoms with E-state index in [0.717, 1.165) is 6.42 Å². The number of carbonyl (C=O) groups is 2. The van der Waals surface area contributed by atoms with E-state index in [1.54, 1.807) is 0 Å². The highest BCUT2D eigenvalue weighted by Gasteiger charge is 2.43. The number of hydrogen-bond donors (Lipinski definition) is 4. The van der Waals surface area contributed by atoms with Crippen LogP contribution in [0.2, 0.25) is 0 Å².